The second-order valence-electron chi connectivity index (χ2n) is 6.31. The molecule has 11 heteroatoms. The molecule has 0 aliphatic rings. The number of esters is 1. The Morgan fingerprint density at radius 3 is 2.26 bits per heavy atom. The Hall–Kier alpha value is -2.49. The molecule has 31 heavy (non-hydrogen) atoms. The van der Waals surface area contributed by atoms with Gasteiger partial charge in [-0.3, -0.25) is 4.79 Å². The topological polar surface area (TPSA) is 76.1 Å². The van der Waals surface area contributed by atoms with Crippen LogP contribution in [0.3, 0.4) is 0 Å². The van der Waals surface area contributed by atoms with Crippen LogP contribution in [0.1, 0.15) is 22.8 Å². The van der Waals surface area contributed by atoms with E-state index in [1.165, 1.54) is 32.2 Å². The number of hydrogen-bond acceptors (Lipinski definition) is 5. The summed E-state index contributed by atoms with van der Waals surface area (Å²) in [6.07, 6.45) is -5.37. The van der Waals surface area contributed by atoms with E-state index < -0.39 is 29.2 Å². The van der Waals surface area contributed by atoms with E-state index in [4.69, 9.17) is 27.9 Å². The standard InChI is InChI=1S/C20H18Cl2F3NO5/c1-4-31-18(28)19(29,20(23,24)25)12-6-8-15(16(10-12)30-3)26(2)17(27)11-5-7-13(21)14(22)9-11/h5-10,29H,4H2,1-3H3. The summed E-state index contributed by atoms with van der Waals surface area (Å²) in [5.41, 5.74) is -4.49. The van der Waals surface area contributed by atoms with Gasteiger partial charge in [0.15, 0.2) is 0 Å². The molecule has 1 unspecified atom stereocenters. The van der Waals surface area contributed by atoms with Crippen molar-refractivity contribution in [2.75, 3.05) is 25.7 Å². The average Bonchev–Trinajstić information content (AvgIpc) is 2.72. The highest BCUT2D eigenvalue weighted by atomic mass is 35.5. The summed E-state index contributed by atoms with van der Waals surface area (Å²) in [6.45, 7) is 0.940. The van der Waals surface area contributed by atoms with Crippen LogP contribution in [0.25, 0.3) is 0 Å². The van der Waals surface area contributed by atoms with Crippen molar-refractivity contribution in [1.82, 2.24) is 0 Å². The molecule has 168 valence electrons. The van der Waals surface area contributed by atoms with Crippen LogP contribution in [0, 0.1) is 0 Å². The van der Waals surface area contributed by atoms with Crippen LogP contribution in [0.2, 0.25) is 10.0 Å². The number of hydrogen-bond donors (Lipinski definition) is 1. The molecule has 0 spiro atoms. The third-order valence-electron chi connectivity index (χ3n) is 4.41. The second-order valence-corrected chi connectivity index (χ2v) is 7.12. The summed E-state index contributed by atoms with van der Waals surface area (Å²) in [4.78, 5) is 25.8. The number of aliphatic hydroxyl groups is 1. The van der Waals surface area contributed by atoms with E-state index in [-0.39, 0.29) is 33.7 Å². The molecule has 6 nitrogen and oxygen atoms in total. The molecule has 0 radical (unpaired) electrons. The lowest BCUT2D eigenvalue weighted by Crippen LogP contribution is -2.50. The zero-order valence-corrected chi connectivity index (χ0v) is 18.1. The van der Waals surface area contributed by atoms with Crippen LogP contribution in [0.4, 0.5) is 18.9 Å². The first-order chi connectivity index (χ1) is 14.4. The molecular formula is C20H18Cl2F3NO5. The molecule has 1 N–H and O–H groups in total. The van der Waals surface area contributed by atoms with Gasteiger partial charge in [-0.15, -0.1) is 0 Å². The van der Waals surface area contributed by atoms with Gasteiger partial charge in [-0.2, -0.15) is 13.2 Å². The summed E-state index contributed by atoms with van der Waals surface area (Å²) in [5, 5.41) is 10.6. The lowest BCUT2D eigenvalue weighted by molar-refractivity contribution is -0.267. The normalized spacial score (nSPS) is 13.3. The van der Waals surface area contributed by atoms with E-state index in [9.17, 15) is 27.9 Å². The fraction of sp³-hybridized carbons (Fsp3) is 0.300. The third kappa shape index (κ3) is 4.73. The zero-order valence-electron chi connectivity index (χ0n) is 16.6. The molecule has 0 fully saturated rings. The second kappa shape index (κ2) is 9.33. The first-order valence-corrected chi connectivity index (χ1v) is 9.52. The van der Waals surface area contributed by atoms with Crippen LogP contribution in [0.5, 0.6) is 5.75 Å². The van der Waals surface area contributed by atoms with Crippen LogP contribution >= 0.6 is 23.2 Å². The average molecular weight is 480 g/mol. The lowest BCUT2D eigenvalue weighted by atomic mass is 9.92. The van der Waals surface area contributed by atoms with Gasteiger partial charge < -0.3 is 19.5 Å². The van der Waals surface area contributed by atoms with Crippen LogP contribution < -0.4 is 9.64 Å². The predicted octanol–water partition coefficient (Wildman–Crippen LogP) is 4.59. The van der Waals surface area contributed by atoms with Gasteiger partial charge in [0.1, 0.15) is 5.75 Å². The quantitative estimate of drug-likeness (QED) is 0.613. The largest absolute Gasteiger partial charge is 0.495 e. The molecule has 2 aromatic rings. The highest BCUT2D eigenvalue weighted by molar-refractivity contribution is 6.42. The molecule has 0 aliphatic carbocycles. The number of ether oxygens (including phenoxy) is 2. The highest BCUT2D eigenvalue weighted by Crippen LogP contribution is 2.43. The number of rotatable bonds is 6. The molecular weight excluding hydrogens is 462 g/mol. The third-order valence-corrected chi connectivity index (χ3v) is 5.15. The smallest absolute Gasteiger partial charge is 0.432 e. The summed E-state index contributed by atoms with van der Waals surface area (Å²) >= 11 is 11.8. The SMILES string of the molecule is CCOC(=O)C(O)(c1ccc(N(C)C(=O)c2ccc(Cl)c(Cl)c2)c(OC)c1)C(F)(F)F. The minimum atomic E-state index is -5.37. The van der Waals surface area contributed by atoms with E-state index in [2.05, 4.69) is 4.74 Å². The number of halogens is 5. The van der Waals surface area contributed by atoms with Crippen molar-refractivity contribution in [3.05, 3.63) is 57.6 Å². The summed E-state index contributed by atoms with van der Waals surface area (Å²) in [5.74, 6) is -2.63. The Kier molecular flexibility index (Phi) is 7.46. The van der Waals surface area contributed by atoms with Gasteiger partial charge in [-0.25, -0.2) is 4.79 Å². The Morgan fingerprint density at radius 1 is 1.10 bits per heavy atom. The van der Waals surface area contributed by atoms with Crippen molar-refractivity contribution in [2.24, 2.45) is 0 Å². The Morgan fingerprint density at radius 2 is 1.74 bits per heavy atom. The molecule has 0 saturated carbocycles. The predicted molar refractivity (Wildman–Crippen MR) is 109 cm³/mol. The van der Waals surface area contributed by atoms with Gasteiger partial charge in [-0.1, -0.05) is 29.3 Å². The lowest BCUT2D eigenvalue weighted by Gasteiger charge is -2.29. The number of alkyl halides is 3. The minimum Gasteiger partial charge on any atom is -0.495 e. The van der Waals surface area contributed by atoms with Gasteiger partial charge in [0, 0.05) is 18.2 Å². The summed E-state index contributed by atoms with van der Waals surface area (Å²) in [7, 11) is 2.53. The molecule has 0 aliphatic heterocycles. The number of carbonyl (C=O) groups is 2. The number of benzene rings is 2. The molecule has 0 heterocycles. The van der Waals surface area contributed by atoms with Crippen molar-refractivity contribution >= 4 is 40.8 Å². The molecule has 1 atom stereocenters. The van der Waals surface area contributed by atoms with E-state index in [1.807, 2.05) is 0 Å². The van der Waals surface area contributed by atoms with Gasteiger partial charge in [0.2, 0.25) is 0 Å². The van der Waals surface area contributed by atoms with Crippen molar-refractivity contribution in [2.45, 2.75) is 18.7 Å². The van der Waals surface area contributed by atoms with E-state index in [1.54, 1.807) is 0 Å². The number of anilines is 1. The number of carbonyl (C=O) groups excluding carboxylic acids is 2. The highest BCUT2D eigenvalue weighted by Gasteiger charge is 2.62. The van der Waals surface area contributed by atoms with E-state index in [0.29, 0.717) is 0 Å². The zero-order chi connectivity index (χ0) is 23.6. The fourth-order valence-electron chi connectivity index (χ4n) is 2.74. The Labute approximate surface area is 186 Å². The van der Waals surface area contributed by atoms with Gasteiger partial charge >= 0.3 is 12.1 Å². The molecule has 0 saturated heterocycles. The van der Waals surface area contributed by atoms with Crippen molar-refractivity contribution in [3.63, 3.8) is 0 Å². The molecule has 2 aromatic carbocycles. The first kappa shape index (κ1) is 24.8. The van der Waals surface area contributed by atoms with Crippen LogP contribution in [-0.2, 0) is 15.1 Å². The maximum absolute atomic E-state index is 13.6. The number of methoxy groups -OCH3 is 1. The molecule has 2 rings (SSSR count). The fourth-order valence-corrected chi connectivity index (χ4v) is 3.04. The van der Waals surface area contributed by atoms with E-state index >= 15 is 0 Å². The van der Waals surface area contributed by atoms with Crippen LogP contribution in [-0.4, -0.2) is 43.9 Å². The van der Waals surface area contributed by atoms with Crippen molar-refractivity contribution in [1.29, 1.82) is 0 Å². The minimum absolute atomic E-state index is 0.0794. The maximum Gasteiger partial charge on any atom is 0.432 e. The maximum atomic E-state index is 13.6. The van der Waals surface area contributed by atoms with Gasteiger partial charge in [0.05, 0.1) is 29.4 Å². The number of nitrogens with zero attached hydrogens (tertiary/aromatic N) is 1. The summed E-state index contributed by atoms with van der Waals surface area (Å²) in [6, 6.07) is 6.98. The van der Waals surface area contributed by atoms with Crippen molar-refractivity contribution < 1.29 is 37.3 Å². The van der Waals surface area contributed by atoms with Gasteiger partial charge in [-0.05, 0) is 37.3 Å². The van der Waals surface area contributed by atoms with Crippen molar-refractivity contribution in [3.8, 4) is 5.75 Å². The summed E-state index contributed by atoms with van der Waals surface area (Å²) < 4.78 is 50.3. The first-order valence-electron chi connectivity index (χ1n) is 8.76. The van der Waals surface area contributed by atoms with Gasteiger partial charge in [0.25, 0.3) is 11.5 Å². The van der Waals surface area contributed by atoms with Crippen LogP contribution in [0.15, 0.2) is 36.4 Å². The molecule has 0 bridgehead atoms. The monoisotopic (exact) mass is 479 g/mol. The Bertz CT molecular complexity index is 999. The Balaban J connectivity index is 2.51. The molecule has 0 aromatic heterocycles. The molecule has 1 amide bonds. The van der Waals surface area contributed by atoms with E-state index in [0.717, 1.165) is 30.2 Å². The number of amides is 1.